The fourth-order valence-electron chi connectivity index (χ4n) is 4.84. The quantitative estimate of drug-likeness (QED) is 0.487. The largest absolute Gasteiger partial charge is 0.493 e. The molecule has 1 aromatic carbocycles. The van der Waals surface area contributed by atoms with Gasteiger partial charge in [-0.15, -0.1) is 0 Å². The number of halogens is 2. The minimum absolute atomic E-state index is 0.00175. The molecule has 5 N–H and O–H groups in total. The fraction of sp³-hybridized carbons (Fsp3) is 0.429. The van der Waals surface area contributed by atoms with Crippen molar-refractivity contribution in [2.24, 2.45) is 11.5 Å². The van der Waals surface area contributed by atoms with Gasteiger partial charge in [0.2, 0.25) is 5.88 Å². The van der Waals surface area contributed by atoms with Crippen molar-refractivity contribution < 1.29 is 32.9 Å². The number of rotatable bonds is 6. The number of aliphatic hydroxyl groups is 1. The third kappa shape index (κ3) is 6.06. The van der Waals surface area contributed by atoms with Crippen LogP contribution in [0.25, 0.3) is 5.70 Å². The second-order valence-corrected chi connectivity index (χ2v) is 10.8. The minimum atomic E-state index is -0.905. The monoisotopic (exact) mass is 559 g/mol. The van der Waals surface area contributed by atoms with Crippen LogP contribution >= 0.6 is 0 Å². The van der Waals surface area contributed by atoms with Crippen LogP contribution < -0.4 is 20.9 Å². The van der Waals surface area contributed by atoms with Crippen LogP contribution in [0.5, 0.6) is 11.6 Å². The molecule has 1 aromatic heterocycles. The molecule has 0 spiro atoms. The third-order valence-electron chi connectivity index (χ3n) is 6.71. The van der Waals surface area contributed by atoms with E-state index in [-0.39, 0.29) is 48.1 Å². The molecule has 0 aliphatic carbocycles. The number of hydrogen-bond donors (Lipinski definition) is 3. The van der Waals surface area contributed by atoms with E-state index in [2.05, 4.69) is 4.98 Å². The number of nitrogens with zero attached hydrogens (tertiary/aromatic N) is 3. The molecule has 0 radical (unpaired) electrons. The number of ether oxygens (including phenoxy) is 3. The van der Waals surface area contributed by atoms with Gasteiger partial charge in [-0.1, -0.05) is 0 Å². The highest BCUT2D eigenvalue weighted by Gasteiger charge is 2.43. The summed E-state index contributed by atoms with van der Waals surface area (Å²) in [5.74, 6) is -1.48. The lowest BCUT2D eigenvalue weighted by Crippen LogP contribution is -2.51. The number of amides is 1. The molecule has 1 saturated heterocycles. The molecule has 2 unspecified atom stereocenters. The number of benzene rings is 1. The van der Waals surface area contributed by atoms with Gasteiger partial charge in [-0.05, 0) is 51.0 Å². The van der Waals surface area contributed by atoms with Gasteiger partial charge < -0.3 is 35.7 Å². The molecule has 2 atom stereocenters. The fourth-order valence-corrected chi connectivity index (χ4v) is 4.84. The summed E-state index contributed by atoms with van der Waals surface area (Å²) >= 11 is 0. The van der Waals surface area contributed by atoms with Crippen LogP contribution in [0.15, 0.2) is 42.0 Å². The topological polar surface area (TPSA) is 136 Å². The molecule has 3 heterocycles. The number of hydrogen-bond acceptors (Lipinski definition) is 9. The molecule has 2 aromatic rings. The predicted octanol–water partition coefficient (Wildman–Crippen LogP) is 3.37. The number of allylic oxidation sites excluding steroid dienone is 1. The molecule has 0 saturated carbocycles. The third-order valence-corrected chi connectivity index (χ3v) is 6.71. The molecule has 2 aliphatic rings. The van der Waals surface area contributed by atoms with Crippen LogP contribution in [0.2, 0.25) is 0 Å². The number of nitrogens with two attached hydrogens (primary N) is 2. The number of methoxy groups -OCH3 is 1. The van der Waals surface area contributed by atoms with Gasteiger partial charge in [-0.25, -0.2) is 18.6 Å². The Hall–Kier alpha value is -4.06. The van der Waals surface area contributed by atoms with E-state index >= 15 is 0 Å². The molecule has 12 heteroatoms. The standard InChI is InChI=1S/C28H35F2N5O5/c1-15-6-24(33-11-16(15)14-36)39-19-9-18-12-35(27(37)40-28(2,3)4)26(32)23(34(18)13-19)10-22(31)20-7-17(29)8-21(30)25(20)38-5/h6-8,10-11,18-19,36H,9,12-14,31-32H2,1-5H3/b22-10-. The van der Waals surface area contributed by atoms with Gasteiger partial charge in [0.15, 0.2) is 11.6 Å². The summed E-state index contributed by atoms with van der Waals surface area (Å²) in [5, 5.41) is 9.43. The number of fused-ring (bicyclic) bond motifs is 1. The van der Waals surface area contributed by atoms with Gasteiger partial charge in [-0.3, -0.25) is 4.90 Å². The molecule has 216 valence electrons. The molecule has 10 nitrogen and oxygen atoms in total. The second kappa shape index (κ2) is 11.2. The van der Waals surface area contributed by atoms with Gasteiger partial charge in [-0.2, -0.15) is 0 Å². The number of aromatic nitrogens is 1. The summed E-state index contributed by atoms with van der Waals surface area (Å²) in [7, 11) is 1.26. The van der Waals surface area contributed by atoms with E-state index in [0.29, 0.717) is 36.2 Å². The van der Waals surface area contributed by atoms with Crippen LogP contribution in [-0.4, -0.2) is 63.9 Å². The Morgan fingerprint density at radius 1 is 1.25 bits per heavy atom. The van der Waals surface area contributed by atoms with Crippen molar-refractivity contribution >= 4 is 11.8 Å². The second-order valence-electron chi connectivity index (χ2n) is 10.8. The van der Waals surface area contributed by atoms with Crippen molar-refractivity contribution in [3.63, 3.8) is 0 Å². The molecular weight excluding hydrogens is 524 g/mol. The highest BCUT2D eigenvalue weighted by molar-refractivity contribution is 5.73. The summed E-state index contributed by atoms with van der Waals surface area (Å²) < 4.78 is 45.4. The van der Waals surface area contributed by atoms with Gasteiger partial charge in [0.1, 0.15) is 23.3 Å². The van der Waals surface area contributed by atoms with Crippen molar-refractivity contribution in [3.8, 4) is 11.6 Å². The zero-order valence-electron chi connectivity index (χ0n) is 23.2. The van der Waals surface area contributed by atoms with E-state index in [9.17, 15) is 18.7 Å². The van der Waals surface area contributed by atoms with Crippen LogP contribution in [0.3, 0.4) is 0 Å². The van der Waals surface area contributed by atoms with Gasteiger partial charge in [0, 0.05) is 36.0 Å². The Labute approximate surface area is 231 Å². The predicted molar refractivity (Wildman–Crippen MR) is 144 cm³/mol. The van der Waals surface area contributed by atoms with Crippen LogP contribution in [0.1, 0.15) is 43.9 Å². The molecular formula is C28H35F2N5O5. The average molecular weight is 560 g/mol. The lowest BCUT2D eigenvalue weighted by Gasteiger charge is -2.39. The van der Waals surface area contributed by atoms with E-state index in [1.165, 1.54) is 18.1 Å². The van der Waals surface area contributed by atoms with E-state index in [1.807, 2.05) is 11.8 Å². The first-order valence-electron chi connectivity index (χ1n) is 12.8. The first-order valence-corrected chi connectivity index (χ1v) is 12.8. The highest BCUT2D eigenvalue weighted by Crippen LogP contribution is 2.35. The van der Waals surface area contributed by atoms with Crippen molar-refractivity contribution in [2.75, 3.05) is 20.2 Å². The van der Waals surface area contributed by atoms with E-state index in [1.54, 1.807) is 33.0 Å². The van der Waals surface area contributed by atoms with E-state index < -0.39 is 23.3 Å². The summed E-state index contributed by atoms with van der Waals surface area (Å²) in [6.07, 6.45) is 2.59. The van der Waals surface area contributed by atoms with Crippen molar-refractivity contribution in [1.82, 2.24) is 14.8 Å². The summed E-state index contributed by atoms with van der Waals surface area (Å²) in [5.41, 5.74) is 14.0. The summed E-state index contributed by atoms with van der Waals surface area (Å²) in [6, 6.07) is 3.29. The molecule has 2 aliphatic heterocycles. The maximum atomic E-state index is 14.4. The maximum Gasteiger partial charge on any atom is 0.416 e. The first kappa shape index (κ1) is 28.9. The number of carbonyl (C=O) groups is 1. The van der Waals surface area contributed by atoms with Crippen molar-refractivity contribution in [3.05, 3.63) is 70.3 Å². The zero-order valence-corrected chi connectivity index (χ0v) is 23.2. The van der Waals surface area contributed by atoms with Crippen LogP contribution in [0.4, 0.5) is 13.6 Å². The van der Waals surface area contributed by atoms with Gasteiger partial charge >= 0.3 is 6.09 Å². The van der Waals surface area contributed by atoms with Crippen molar-refractivity contribution in [2.45, 2.75) is 58.5 Å². The Morgan fingerprint density at radius 3 is 2.60 bits per heavy atom. The smallest absolute Gasteiger partial charge is 0.416 e. The Bertz CT molecular complexity index is 1360. The van der Waals surface area contributed by atoms with Gasteiger partial charge in [0.05, 0.1) is 38.5 Å². The number of pyridine rings is 1. The van der Waals surface area contributed by atoms with Crippen LogP contribution in [0, 0.1) is 18.6 Å². The molecule has 4 rings (SSSR count). The molecule has 1 amide bonds. The minimum Gasteiger partial charge on any atom is -0.493 e. The van der Waals surface area contributed by atoms with Crippen molar-refractivity contribution in [1.29, 1.82) is 0 Å². The Morgan fingerprint density at radius 2 is 1.98 bits per heavy atom. The summed E-state index contributed by atoms with van der Waals surface area (Å²) in [4.78, 5) is 20.7. The lowest BCUT2D eigenvalue weighted by atomic mass is 10.1. The van der Waals surface area contributed by atoms with Crippen LogP contribution in [-0.2, 0) is 11.3 Å². The number of carbonyl (C=O) groups excluding carboxylic acids is 1. The number of aliphatic hydroxyl groups excluding tert-OH is 1. The SMILES string of the molecule is COc1c(F)cc(F)cc1/C(N)=C/C1=C(N)N(C(=O)OC(C)(C)C)CC2CC(Oc3cc(C)c(CO)cn3)CN12. The lowest BCUT2D eigenvalue weighted by molar-refractivity contribution is 0.0243. The molecule has 40 heavy (non-hydrogen) atoms. The molecule has 0 bridgehead atoms. The average Bonchev–Trinajstić information content (AvgIpc) is 3.26. The first-order chi connectivity index (χ1) is 18.8. The van der Waals surface area contributed by atoms with E-state index in [0.717, 1.165) is 11.6 Å². The normalized spacial score (nSPS) is 19.6. The Kier molecular flexibility index (Phi) is 8.10. The number of aryl methyl sites for hydroxylation is 1. The summed E-state index contributed by atoms with van der Waals surface area (Å²) in [6.45, 7) is 7.59. The highest BCUT2D eigenvalue weighted by atomic mass is 19.1. The van der Waals surface area contributed by atoms with Gasteiger partial charge in [0.25, 0.3) is 0 Å². The maximum absolute atomic E-state index is 14.4. The molecule has 1 fully saturated rings. The Balaban J connectivity index is 1.70. The zero-order chi connectivity index (χ0) is 29.4. The van der Waals surface area contributed by atoms with E-state index in [4.69, 9.17) is 25.7 Å².